The summed E-state index contributed by atoms with van der Waals surface area (Å²) >= 11 is 7.79. The molecule has 1 unspecified atom stereocenters. The average molecular weight is 278 g/mol. The van der Waals surface area contributed by atoms with Crippen LogP contribution >= 0.6 is 22.9 Å². The maximum atomic E-state index is 5.89. The second-order valence-electron chi connectivity index (χ2n) is 4.75. The molecule has 3 heteroatoms. The molecule has 0 radical (unpaired) electrons. The molecule has 0 saturated heterocycles. The van der Waals surface area contributed by atoms with Crippen LogP contribution in [0.3, 0.4) is 0 Å². The van der Waals surface area contributed by atoms with Gasteiger partial charge >= 0.3 is 0 Å². The van der Waals surface area contributed by atoms with Gasteiger partial charge in [0.1, 0.15) is 0 Å². The van der Waals surface area contributed by atoms with E-state index in [9.17, 15) is 0 Å². The third kappa shape index (κ3) is 2.61. The number of thiophene rings is 1. The Balaban J connectivity index is 1.66. The van der Waals surface area contributed by atoms with Crippen molar-refractivity contribution in [1.29, 1.82) is 0 Å². The first-order chi connectivity index (χ1) is 8.83. The summed E-state index contributed by atoms with van der Waals surface area (Å²) in [5.41, 5.74) is 2.81. The van der Waals surface area contributed by atoms with E-state index in [1.807, 2.05) is 23.5 Å². The lowest BCUT2D eigenvalue weighted by Gasteiger charge is -2.23. The summed E-state index contributed by atoms with van der Waals surface area (Å²) in [5, 5.41) is 6.68. The number of benzene rings is 1. The molecular weight excluding hydrogens is 262 g/mol. The molecule has 1 atom stereocenters. The molecule has 3 rings (SSSR count). The molecule has 1 aliphatic carbocycles. The van der Waals surface area contributed by atoms with Crippen LogP contribution in [0.1, 0.15) is 34.9 Å². The molecule has 0 aliphatic heterocycles. The Bertz CT molecular complexity index is 518. The lowest BCUT2D eigenvalue weighted by atomic mass is 9.94. The lowest BCUT2D eigenvalue weighted by Crippen LogP contribution is -2.23. The zero-order valence-electron chi connectivity index (χ0n) is 10.2. The van der Waals surface area contributed by atoms with E-state index in [0.717, 1.165) is 11.6 Å². The fourth-order valence-corrected chi connectivity index (χ4v) is 3.66. The fraction of sp³-hybridized carbons (Fsp3) is 0.333. The summed E-state index contributed by atoms with van der Waals surface area (Å²) in [7, 11) is 0. The van der Waals surface area contributed by atoms with E-state index in [1.165, 1.54) is 30.4 Å². The van der Waals surface area contributed by atoms with Gasteiger partial charge < -0.3 is 5.32 Å². The second-order valence-corrected chi connectivity index (χ2v) is 6.19. The van der Waals surface area contributed by atoms with Gasteiger partial charge in [-0.05, 0) is 54.0 Å². The predicted molar refractivity (Wildman–Crippen MR) is 78.3 cm³/mol. The number of halogens is 1. The van der Waals surface area contributed by atoms with Crippen LogP contribution in [0.4, 0.5) is 0 Å². The molecule has 0 saturated carbocycles. The maximum absolute atomic E-state index is 5.89. The van der Waals surface area contributed by atoms with Gasteiger partial charge in [-0.25, -0.2) is 0 Å². The zero-order chi connectivity index (χ0) is 12.4. The third-order valence-electron chi connectivity index (χ3n) is 3.52. The van der Waals surface area contributed by atoms with E-state index in [4.69, 9.17) is 11.6 Å². The third-order valence-corrected chi connectivity index (χ3v) is 4.77. The summed E-state index contributed by atoms with van der Waals surface area (Å²) in [6.45, 7) is 0.914. The van der Waals surface area contributed by atoms with Gasteiger partial charge in [0.2, 0.25) is 0 Å². The quantitative estimate of drug-likeness (QED) is 0.867. The summed E-state index contributed by atoms with van der Waals surface area (Å²) in [4.78, 5) is 1.56. The highest BCUT2D eigenvalue weighted by atomic mass is 35.5. The van der Waals surface area contributed by atoms with Gasteiger partial charge in [0, 0.05) is 22.5 Å². The Hall–Kier alpha value is -0.830. The number of rotatable bonds is 3. The van der Waals surface area contributed by atoms with Crippen LogP contribution in [0.5, 0.6) is 0 Å². The molecule has 1 nitrogen and oxygen atoms in total. The molecule has 2 aromatic rings. The molecular formula is C15H16ClNS. The number of hydrogen-bond acceptors (Lipinski definition) is 2. The number of nitrogens with one attached hydrogen (secondary N) is 1. The van der Waals surface area contributed by atoms with Gasteiger partial charge in [0.05, 0.1) is 0 Å². The van der Waals surface area contributed by atoms with E-state index in [0.29, 0.717) is 6.04 Å². The Labute approximate surface area is 117 Å². The second kappa shape index (κ2) is 5.43. The molecule has 1 N–H and O–H groups in total. The molecule has 0 spiro atoms. The van der Waals surface area contributed by atoms with Crippen LogP contribution in [-0.2, 0) is 13.0 Å². The van der Waals surface area contributed by atoms with E-state index in [1.54, 1.807) is 4.88 Å². The van der Waals surface area contributed by atoms with Crippen molar-refractivity contribution in [2.45, 2.75) is 31.8 Å². The van der Waals surface area contributed by atoms with Crippen LogP contribution in [0.15, 0.2) is 35.7 Å². The molecule has 94 valence electrons. The first-order valence-corrected chi connectivity index (χ1v) is 7.63. The van der Waals surface area contributed by atoms with Crippen LogP contribution in [0.25, 0.3) is 0 Å². The topological polar surface area (TPSA) is 12.0 Å². The van der Waals surface area contributed by atoms with Crippen molar-refractivity contribution >= 4 is 22.9 Å². The Morgan fingerprint density at radius 2 is 2.06 bits per heavy atom. The van der Waals surface area contributed by atoms with Crippen molar-refractivity contribution in [2.75, 3.05) is 0 Å². The van der Waals surface area contributed by atoms with Crippen LogP contribution in [0, 0.1) is 0 Å². The van der Waals surface area contributed by atoms with Gasteiger partial charge in [-0.2, -0.15) is 0 Å². The maximum Gasteiger partial charge on any atom is 0.0406 e. The van der Waals surface area contributed by atoms with Gasteiger partial charge in [0.15, 0.2) is 0 Å². The molecule has 0 bridgehead atoms. The van der Waals surface area contributed by atoms with E-state index in [-0.39, 0.29) is 0 Å². The Morgan fingerprint density at radius 3 is 2.89 bits per heavy atom. The van der Waals surface area contributed by atoms with Crippen molar-refractivity contribution in [2.24, 2.45) is 0 Å². The SMILES string of the molecule is Clc1ccc(CNC2CCCc3sccc32)cc1. The summed E-state index contributed by atoms with van der Waals surface area (Å²) in [6, 6.07) is 10.9. The largest absolute Gasteiger partial charge is 0.306 e. The standard InChI is InChI=1S/C15H16ClNS/c16-12-6-4-11(5-7-12)10-17-14-2-1-3-15-13(14)8-9-18-15/h4-9,14,17H,1-3,10H2. The van der Waals surface area contributed by atoms with E-state index < -0.39 is 0 Å². The minimum atomic E-state index is 0.524. The van der Waals surface area contributed by atoms with Crippen molar-refractivity contribution < 1.29 is 0 Å². The van der Waals surface area contributed by atoms with Crippen LogP contribution in [-0.4, -0.2) is 0 Å². The first kappa shape index (κ1) is 12.2. The average Bonchev–Trinajstić information content (AvgIpc) is 2.87. The Kier molecular flexibility index (Phi) is 3.69. The normalized spacial score (nSPS) is 18.6. The summed E-state index contributed by atoms with van der Waals surface area (Å²) in [6.07, 6.45) is 3.80. The molecule has 1 aliphatic rings. The van der Waals surface area contributed by atoms with E-state index >= 15 is 0 Å². The predicted octanol–water partition coefficient (Wildman–Crippen LogP) is 4.57. The summed E-state index contributed by atoms with van der Waals surface area (Å²) in [5.74, 6) is 0. The minimum absolute atomic E-state index is 0.524. The van der Waals surface area contributed by atoms with Crippen molar-refractivity contribution in [1.82, 2.24) is 5.32 Å². The number of aryl methyl sites for hydroxylation is 1. The highest BCUT2D eigenvalue weighted by Gasteiger charge is 2.20. The van der Waals surface area contributed by atoms with Gasteiger partial charge in [-0.1, -0.05) is 23.7 Å². The van der Waals surface area contributed by atoms with Gasteiger partial charge in [-0.3, -0.25) is 0 Å². The lowest BCUT2D eigenvalue weighted by molar-refractivity contribution is 0.463. The number of fused-ring (bicyclic) bond motifs is 1. The van der Waals surface area contributed by atoms with Crippen molar-refractivity contribution in [3.63, 3.8) is 0 Å². The monoisotopic (exact) mass is 277 g/mol. The molecule has 1 heterocycles. The zero-order valence-corrected chi connectivity index (χ0v) is 11.7. The highest BCUT2D eigenvalue weighted by molar-refractivity contribution is 7.10. The van der Waals surface area contributed by atoms with Gasteiger partial charge in [0.25, 0.3) is 0 Å². The highest BCUT2D eigenvalue weighted by Crippen LogP contribution is 2.33. The molecule has 0 amide bonds. The molecule has 1 aromatic carbocycles. The summed E-state index contributed by atoms with van der Waals surface area (Å²) < 4.78 is 0. The number of hydrogen-bond donors (Lipinski definition) is 1. The fourth-order valence-electron chi connectivity index (χ4n) is 2.54. The van der Waals surface area contributed by atoms with Crippen LogP contribution < -0.4 is 5.32 Å². The molecule has 18 heavy (non-hydrogen) atoms. The Morgan fingerprint density at radius 1 is 1.22 bits per heavy atom. The van der Waals surface area contributed by atoms with Crippen LogP contribution in [0.2, 0.25) is 5.02 Å². The first-order valence-electron chi connectivity index (χ1n) is 6.37. The van der Waals surface area contributed by atoms with Crippen molar-refractivity contribution in [3.05, 3.63) is 56.7 Å². The smallest absolute Gasteiger partial charge is 0.0406 e. The van der Waals surface area contributed by atoms with E-state index in [2.05, 4.69) is 28.9 Å². The molecule has 1 aromatic heterocycles. The minimum Gasteiger partial charge on any atom is -0.306 e. The van der Waals surface area contributed by atoms with Gasteiger partial charge in [-0.15, -0.1) is 11.3 Å². The van der Waals surface area contributed by atoms with Crippen molar-refractivity contribution in [3.8, 4) is 0 Å². The molecule has 0 fully saturated rings.